The topological polar surface area (TPSA) is 77.4 Å². The molecule has 0 radical (unpaired) electrons. The zero-order valence-electron chi connectivity index (χ0n) is 15.8. The van der Waals surface area contributed by atoms with Crippen molar-refractivity contribution in [2.24, 2.45) is 5.92 Å². The van der Waals surface area contributed by atoms with Gasteiger partial charge in [-0.1, -0.05) is 13.3 Å². The van der Waals surface area contributed by atoms with Gasteiger partial charge in [0.25, 0.3) is 0 Å². The minimum Gasteiger partial charge on any atom is -0.494 e. The minimum atomic E-state index is -0.291. The number of carbonyl (C=O) groups is 1. The number of amides is 2. The first-order valence-corrected chi connectivity index (χ1v) is 9.64. The summed E-state index contributed by atoms with van der Waals surface area (Å²) in [5, 5.41) is 9.97. The summed E-state index contributed by atoms with van der Waals surface area (Å²) in [6, 6.07) is 7.08. The largest absolute Gasteiger partial charge is 0.494 e. The first-order chi connectivity index (χ1) is 13.2. The molecule has 2 aromatic rings. The molecule has 0 atom stereocenters. The molecule has 7 nitrogen and oxygen atoms in total. The number of ether oxygens (including phenoxy) is 2. The van der Waals surface area contributed by atoms with E-state index in [1.807, 2.05) is 35.1 Å². The number of urea groups is 1. The molecule has 0 spiro atoms. The van der Waals surface area contributed by atoms with Crippen molar-refractivity contribution in [1.29, 1.82) is 0 Å². The van der Waals surface area contributed by atoms with E-state index in [9.17, 15) is 4.79 Å². The SMILES string of the molecule is CCCCOc1ccc(NC(=O)Nc2cnn(CC3CCOCC3)c2)cc1. The molecular weight excluding hydrogens is 344 g/mol. The summed E-state index contributed by atoms with van der Waals surface area (Å²) >= 11 is 0. The van der Waals surface area contributed by atoms with E-state index in [1.165, 1.54) is 0 Å². The van der Waals surface area contributed by atoms with Crippen LogP contribution in [0.15, 0.2) is 36.7 Å². The Balaban J connectivity index is 1.45. The lowest BCUT2D eigenvalue weighted by atomic mass is 10.0. The molecule has 27 heavy (non-hydrogen) atoms. The van der Waals surface area contributed by atoms with Gasteiger partial charge in [-0.2, -0.15) is 5.10 Å². The molecule has 7 heteroatoms. The molecule has 0 aliphatic carbocycles. The number of aromatic nitrogens is 2. The number of rotatable bonds is 8. The van der Waals surface area contributed by atoms with Crippen molar-refractivity contribution >= 4 is 17.4 Å². The van der Waals surface area contributed by atoms with Gasteiger partial charge in [0.15, 0.2) is 0 Å². The maximum Gasteiger partial charge on any atom is 0.323 e. The van der Waals surface area contributed by atoms with E-state index in [4.69, 9.17) is 9.47 Å². The molecule has 1 aromatic heterocycles. The molecule has 2 heterocycles. The second kappa shape index (κ2) is 9.97. The molecular formula is C20H28N4O3. The van der Waals surface area contributed by atoms with Crippen molar-refractivity contribution < 1.29 is 14.3 Å². The predicted molar refractivity (Wildman–Crippen MR) is 105 cm³/mol. The van der Waals surface area contributed by atoms with Gasteiger partial charge in [-0.25, -0.2) is 4.79 Å². The summed E-state index contributed by atoms with van der Waals surface area (Å²) in [7, 11) is 0. The van der Waals surface area contributed by atoms with Crippen LogP contribution in [0.2, 0.25) is 0 Å². The van der Waals surface area contributed by atoms with Crippen molar-refractivity contribution in [3.63, 3.8) is 0 Å². The Morgan fingerprint density at radius 3 is 2.70 bits per heavy atom. The number of unbranched alkanes of at least 4 members (excludes halogenated alkanes) is 1. The molecule has 3 rings (SSSR count). The van der Waals surface area contributed by atoms with E-state index in [1.54, 1.807) is 6.20 Å². The monoisotopic (exact) mass is 372 g/mol. The van der Waals surface area contributed by atoms with Crippen LogP contribution in [0.4, 0.5) is 16.2 Å². The van der Waals surface area contributed by atoms with Gasteiger partial charge in [-0.05, 0) is 49.4 Å². The van der Waals surface area contributed by atoms with E-state index in [-0.39, 0.29) is 6.03 Å². The van der Waals surface area contributed by atoms with E-state index in [0.717, 1.165) is 51.2 Å². The van der Waals surface area contributed by atoms with Crippen LogP contribution < -0.4 is 15.4 Å². The molecule has 1 fully saturated rings. The highest BCUT2D eigenvalue weighted by Crippen LogP contribution is 2.18. The maximum atomic E-state index is 12.2. The Bertz CT molecular complexity index is 708. The number of benzene rings is 1. The van der Waals surface area contributed by atoms with Gasteiger partial charge in [0.2, 0.25) is 0 Å². The van der Waals surface area contributed by atoms with Gasteiger partial charge in [0, 0.05) is 31.6 Å². The summed E-state index contributed by atoms with van der Waals surface area (Å²) < 4.78 is 12.9. The number of carbonyl (C=O) groups excluding carboxylic acids is 1. The van der Waals surface area contributed by atoms with Crippen molar-refractivity contribution in [2.75, 3.05) is 30.5 Å². The molecule has 0 unspecified atom stereocenters. The van der Waals surface area contributed by atoms with Gasteiger partial charge in [-0.15, -0.1) is 0 Å². The Hall–Kier alpha value is -2.54. The predicted octanol–water partition coefficient (Wildman–Crippen LogP) is 4.13. The van der Waals surface area contributed by atoms with E-state index in [0.29, 0.717) is 23.9 Å². The van der Waals surface area contributed by atoms with Crippen molar-refractivity contribution in [3.05, 3.63) is 36.7 Å². The number of nitrogens with zero attached hydrogens (tertiary/aromatic N) is 2. The molecule has 1 aromatic carbocycles. The van der Waals surface area contributed by atoms with Crippen molar-refractivity contribution in [2.45, 2.75) is 39.2 Å². The zero-order valence-corrected chi connectivity index (χ0v) is 15.8. The van der Waals surface area contributed by atoms with Crippen LogP contribution >= 0.6 is 0 Å². The van der Waals surface area contributed by atoms with E-state index >= 15 is 0 Å². The van der Waals surface area contributed by atoms with Crippen LogP contribution in [0.1, 0.15) is 32.6 Å². The second-order valence-corrected chi connectivity index (χ2v) is 6.81. The third kappa shape index (κ3) is 6.29. The Morgan fingerprint density at radius 1 is 1.22 bits per heavy atom. The summed E-state index contributed by atoms with van der Waals surface area (Å²) in [6.07, 6.45) is 7.78. The van der Waals surface area contributed by atoms with Gasteiger partial charge in [0.1, 0.15) is 5.75 Å². The fourth-order valence-corrected chi connectivity index (χ4v) is 2.98. The number of nitrogens with one attached hydrogen (secondary N) is 2. The van der Waals surface area contributed by atoms with Crippen LogP contribution in [-0.2, 0) is 11.3 Å². The van der Waals surface area contributed by atoms with Crippen LogP contribution in [0.3, 0.4) is 0 Å². The smallest absolute Gasteiger partial charge is 0.323 e. The molecule has 146 valence electrons. The first-order valence-electron chi connectivity index (χ1n) is 9.64. The standard InChI is InChI=1S/C20H28N4O3/c1-2-3-10-27-19-6-4-17(5-7-19)22-20(25)23-18-13-21-24(15-18)14-16-8-11-26-12-9-16/h4-7,13,15-16H,2-3,8-12,14H2,1H3,(H2,22,23,25). The normalized spacial score (nSPS) is 14.7. The third-order valence-corrected chi connectivity index (χ3v) is 4.56. The molecule has 1 aliphatic heterocycles. The van der Waals surface area contributed by atoms with Crippen LogP contribution in [0.5, 0.6) is 5.75 Å². The average molecular weight is 372 g/mol. The minimum absolute atomic E-state index is 0.291. The van der Waals surface area contributed by atoms with Gasteiger partial charge < -0.3 is 20.1 Å². The quantitative estimate of drug-likeness (QED) is 0.683. The van der Waals surface area contributed by atoms with Crippen LogP contribution in [-0.4, -0.2) is 35.6 Å². The lowest BCUT2D eigenvalue weighted by Gasteiger charge is -2.21. The average Bonchev–Trinajstić information content (AvgIpc) is 3.11. The van der Waals surface area contributed by atoms with Crippen molar-refractivity contribution in [1.82, 2.24) is 9.78 Å². The molecule has 2 N–H and O–H groups in total. The Morgan fingerprint density at radius 2 is 1.96 bits per heavy atom. The molecule has 0 bridgehead atoms. The Kier molecular flexibility index (Phi) is 7.10. The summed E-state index contributed by atoms with van der Waals surface area (Å²) in [4.78, 5) is 12.2. The van der Waals surface area contributed by atoms with Gasteiger partial charge >= 0.3 is 6.03 Å². The molecule has 1 saturated heterocycles. The molecule has 0 saturated carbocycles. The van der Waals surface area contributed by atoms with Gasteiger partial charge in [0.05, 0.1) is 18.5 Å². The van der Waals surface area contributed by atoms with E-state index < -0.39 is 0 Å². The highest BCUT2D eigenvalue weighted by Gasteiger charge is 2.15. The molecule has 1 aliphatic rings. The summed E-state index contributed by atoms with van der Waals surface area (Å²) in [5.41, 5.74) is 1.39. The van der Waals surface area contributed by atoms with E-state index in [2.05, 4.69) is 22.7 Å². The molecule has 2 amide bonds. The fraction of sp³-hybridized carbons (Fsp3) is 0.500. The van der Waals surface area contributed by atoms with Crippen molar-refractivity contribution in [3.8, 4) is 5.75 Å². The van der Waals surface area contributed by atoms with Crippen LogP contribution in [0, 0.1) is 5.92 Å². The number of hydrogen-bond acceptors (Lipinski definition) is 4. The Labute approximate surface area is 160 Å². The van der Waals surface area contributed by atoms with Crippen LogP contribution in [0.25, 0.3) is 0 Å². The second-order valence-electron chi connectivity index (χ2n) is 6.81. The third-order valence-electron chi connectivity index (χ3n) is 4.56. The summed E-state index contributed by atoms with van der Waals surface area (Å²) in [5.74, 6) is 1.39. The number of anilines is 2. The highest BCUT2D eigenvalue weighted by molar-refractivity contribution is 5.99. The zero-order chi connectivity index (χ0) is 18.9. The lowest BCUT2D eigenvalue weighted by Crippen LogP contribution is -2.21. The fourth-order valence-electron chi connectivity index (χ4n) is 2.98. The van der Waals surface area contributed by atoms with Gasteiger partial charge in [-0.3, -0.25) is 4.68 Å². The summed E-state index contributed by atoms with van der Waals surface area (Å²) in [6.45, 7) is 5.33. The highest BCUT2D eigenvalue weighted by atomic mass is 16.5. The maximum absolute atomic E-state index is 12.2. The number of hydrogen-bond donors (Lipinski definition) is 2. The first kappa shape index (κ1) is 19.2. The lowest BCUT2D eigenvalue weighted by molar-refractivity contribution is 0.0601.